The van der Waals surface area contributed by atoms with E-state index in [1.807, 2.05) is 32.3 Å². The van der Waals surface area contributed by atoms with Crippen LogP contribution in [-0.2, 0) is 4.79 Å². The Morgan fingerprint density at radius 2 is 1.66 bits per heavy atom. The van der Waals surface area contributed by atoms with Gasteiger partial charge < -0.3 is 9.80 Å². The molecule has 4 heteroatoms. The lowest BCUT2D eigenvalue weighted by Gasteiger charge is -2.26. The molecule has 0 spiro atoms. The number of likely N-dealkylation sites (N-methyl/N-ethyl adjacent to an activating group) is 1. The number of rotatable bonds is 2. The normalized spacial score (nSPS) is 17.9. The van der Waals surface area contributed by atoms with E-state index in [1.165, 1.54) is 21.4 Å². The van der Waals surface area contributed by atoms with Crippen LogP contribution in [0.4, 0.5) is 11.4 Å². The Hall–Kier alpha value is -3.24. The van der Waals surface area contributed by atoms with Crippen molar-refractivity contribution >= 4 is 45.8 Å². The Morgan fingerprint density at radius 1 is 0.862 bits per heavy atom. The van der Waals surface area contributed by atoms with Gasteiger partial charge in [0.15, 0.2) is 5.78 Å². The molecule has 2 aliphatic heterocycles. The summed E-state index contributed by atoms with van der Waals surface area (Å²) in [6.07, 6.45) is 7.48. The topological polar surface area (TPSA) is 23.6 Å². The maximum absolute atomic E-state index is 12.8. The van der Waals surface area contributed by atoms with E-state index >= 15 is 0 Å². The number of hydrogen-bond acceptors (Lipinski definition) is 4. The number of thioether (sulfide) groups is 1. The van der Waals surface area contributed by atoms with E-state index in [0.29, 0.717) is 0 Å². The van der Waals surface area contributed by atoms with Gasteiger partial charge in [0.25, 0.3) is 0 Å². The van der Waals surface area contributed by atoms with Crippen molar-refractivity contribution in [1.29, 1.82) is 0 Å². The molecule has 3 aromatic rings. The fraction of sp³-hybridized carbons (Fsp3) is 0.0800. The molecule has 5 rings (SSSR count). The summed E-state index contributed by atoms with van der Waals surface area (Å²) in [7, 11) is 4.02. The Balaban J connectivity index is 1.45. The van der Waals surface area contributed by atoms with Crippen LogP contribution in [0, 0.1) is 0 Å². The zero-order valence-electron chi connectivity index (χ0n) is 16.3. The van der Waals surface area contributed by atoms with Crippen molar-refractivity contribution in [1.82, 2.24) is 0 Å². The zero-order valence-corrected chi connectivity index (χ0v) is 17.1. The van der Waals surface area contributed by atoms with E-state index in [4.69, 9.17) is 0 Å². The Bertz CT molecular complexity index is 1240. The average molecular weight is 397 g/mol. The third-order valence-electron chi connectivity index (χ3n) is 5.42. The minimum atomic E-state index is -0.0117. The lowest BCUT2D eigenvalue weighted by Crippen LogP contribution is -2.19. The van der Waals surface area contributed by atoms with Crippen molar-refractivity contribution in [2.75, 3.05) is 23.9 Å². The molecule has 142 valence electrons. The van der Waals surface area contributed by atoms with Crippen molar-refractivity contribution < 1.29 is 4.79 Å². The largest absolute Gasteiger partial charge is 0.344 e. The fourth-order valence-corrected chi connectivity index (χ4v) is 5.00. The molecule has 0 unspecified atom stereocenters. The second kappa shape index (κ2) is 6.98. The second-order valence-corrected chi connectivity index (χ2v) is 8.26. The van der Waals surface area contributed by atoms with Crippen LogP contribution in [0.25, 0.3) is 16.8 Å². The number of fused-ring (bicyclic) bond motifs is 4. The number of para-hydroxylation sites is 1. The molecule has 29 heavy (non-hydrogen) atoms. The van der Waals surface area contributed by atoms with Crippen molar-refractivity contribution in [3.8, 4) is 0 Å². The summed E-state index contributed by atoms with van der Waals surface area (Å²) in [5.41, 5.74) is 4.32. The first kappa shape index (κ1) is 17.8. The molecule has 0 atom stereocenters. The molecule has 0 radical (unpaired) electrons. The lowest BCUT2D eigenvalue weighted by molar-refractivity contribution is -0.110. The Morgan fingerprint density at radius 3 is 2.55 bits per heavy atom. The molecule has 3 aromatic carbocycles. The van der Waals surface area contributed by atoms with Gasteiger partial charge >= 0.3 is 0 Å². The van der Waals surface area contributed by atoms with Gasteiger partial charge in [-0.25, -0.2) is 0 Å². The number of benzene rings is 3. The van der Waals surface area contributed by atoms with Gasteiger partial charge in [-0.3, -0.25) is 4.79 Å². The van der Waals surface area contributed by atoms with Crippen LogP contribution in [0.3, 0.4) is 0 Å². The minimum absolute atomic E-state index is 0.0117. The van der Waals surface area contributed by atoms with Gasteiger partial charge in [0.2, 0.25) is 0 Å². The maximum atomic E-state index is 12.8. The third kappa shape index (κ3) is 3.06. The summed E-state index contributed by atoms with van der Waals surface area (Å²) in [5.74, 6) is -0.0117. The first-order valence-corrected chi connectivity index (χ1v) is 10.3. The lowest BCUT2D eigenvalue weighted by atomic mass is 10.1. The molecule has 0 amide bonds. The zero-order chi connectivity index (χ0) is 20.0. The first-order chi connectivity index (χ1) is 14.1. The molecule has 2 heterocycles. The second-order valence-electron chi connectivity index (χ2n) is 7.20. The molecule has 0 saturated carbocycles. The van der Waals surface area contributed by atoms with Gasteiger partial charge in [0, 0.05) is 47.9 Å². The molecule has 3 nitrogen and oxygen atoms in total. The molecule has 0 N–H and O–H groups in total. The van der Waals surface area contributed by atoms with Crippen LogP contribution in [0.5, 0.6) is 0 Å². The third-order valence-corrected chi connectivity index (χ3v) is 6.57. The molecule has 0 saturated heterocycles. The van der Waals surface area contributed by atoms with Crippen molar-refractivity contribution in [3.63, 3.8) is 0 Å². The summed E-state index contributed by atoms with van der Waals surface area (Å²) < 4.78 is 0. The van der Waals surface area contributed by atoms with Gasteiger partial charge in [-0.1, -0.05) is 66.4 Å². The van der Waals surface area contributed by atoms with Crippen molar-refractivity contribution in [2.24, 2.45) is 0 Å². The van der Waals surface area contributed by atoms with E-state index in [1.54, 1.807) is 23.9 Å². The van der Waals surface area contributed by atoms with Gasteiger partial charge in [0.1, 0.15) is 0 Å². The highest BCUT2D eigenvalue weighted by molar-refractivity contribution is 8.03. The predicted octanol–water partition coefficient (Wildman–Crippen LogP) is 5.84. The number of hydrogen-bond donors (Lipinski definition) is 0. The van der Waals surface area contributed by atoms with Crippen LogP contribution >= 0.6 is 11.8 Å². The molecule has 0 aliphatic carbocycles. The van der Waals surface area contributed by atoms with E-state index in [2.05, 4.69) is 64.4 Å². The van der Waals surface area contributed by atoms with Crippen LogP contribution in [0.2, 0.25) is 0 Å². The first-order valence-electron chi connectivity index (χ1n) is 9.53. The van der Waals surface area contributed by atoms with Gasteiger partial charge in [0.05, 0.1) is 10.7 Å². The minimum Gasteiger partial charge on any atom is -0.344 e. The smallest absolute Gasteiger partial charge is 0.183 e. The number of carbonyl (C=O) groups excluding carboxylic acids is 1. The van der Waals surface area contributed by atoms with Crippen LogP contribution in [0.1, 0.15) is 5.56 Å². The number of ketones is 1. The van der Waals surface area contributed by atoms with Gasteiger partial charge in [-0.2, -0.15) is 0 Å². The predicted molar refractivity (Wildman–Crippen MR) is 123 cm³/mol. The standard InChI is InChI=1S/C25H20N2OS/c1-26-19(13-11-18-8-4-6-10-22(18)26)15-20(28)16-24-27(2)25-21-9-5-3-7-17(21)12-14-23(25)29-24/h3-16H,1-2H3. The van der Waals surface area contributed by atoms with Gasteiger partial charge in [-0.05, 0) is 29.2 Å². The number of carbonyl (C=O) groups is 1. The number of allylic oxidation sites excluding steroid dienone is 3. The van der Waals surface area contributed by atoms with Crippen LogP contribution < -0.4 is 9.80 Å². The fourth-order valence-electron chi connectivity index (χ4n) is 3.90. The molecule has 0 aromatic heterocycles. The highest BCUT2D eigenvalue weighted by atomic mass is 32.2. The Labute approximate surface area is 174 Å². The van der Waals surface area contributed by atoms with Crippen molar-refractivity contribution in [2.45, 2.75) is 4.90 Å². The van der Waals surface area contributed by atoms with Crippen molar-refractivity contribution in [3.05, 3.63) is 95.2 Å². The molecule has 0 bridgehead atoms. The summed E-state index contributed by atoms with van der Waals surface area (Å²) in [4.78, 5) is 18.2. The number of nitrogens with zero attached hydrogens (tertiary/aromatic N) is 2. The monoisotopic (exact) mass is 396 g/mol. The number of anilines is 2. The summed E-state index contributed by atoms with van der Waals surface area (Å²) in [6.45, 7) is 0. The van der Waals surface area contributed by atoms with Gasteiger partial charge in [-0.15, -0.1) is 0 Å². The summed E-state index contributed by atoms with van der Waals surface area (Å²) in [6, 6.07) is 20.8. The van der Waals surface area contributed by atoms with E-state index in [-0.39, 0.29) is 5.78 Å². The quantitative estimate of drug-likeness (QED) is 0.508. The van der Waals surface area contributed by atoms with Crippen LogP contribution in [-0.4, -0.2) is 19.9 Å². The van der Waals surface area contributed by atoms with E-state index in [0.717, 1.165) is 22.0 Å². The molecule has 0 fully saturated rings. The van der Waals surface area contributed by atoms with E-state index < -0.39 is 0 Å². The SMILES string of the molecule is CN1C(=CC(=O)C=C2Sc3ccc4ccccc4c3N2C)C=Cc2ccccc21. The summed E-state index contributed by atoms with van der Waals surface area (Å²) >= 11 is 1.64. The molecule has 2 aliphatic rings. The highest BCUT2D eigenvalue weighted by Crippen LogP contribution is 2.48. The Kier molecular flexibility index (Phi) is 4.29. The van der Waals surface area contributed by atoms with E-state index in [9.17, 15) is 4.79 Å². The molecular weight excluding hydrogens is 376 g/mol. The highest BCUT2D eigenvalue weighted by Gasteiger charge is 2.24. The molecular formula is C25H20N2OS. The maximum Gasteiger partial charge on any atom is 0.183 e. The van der Waals surface area contributed by atoms with Crippen LogP contribution in [0.15, 0.2) is 94.5 Å². The average Bonchev–Trinajstić information content (AvgIpc) is 3.06. The summed E-state index contributed by atoms with van der Waals surface area (Å²) in [5, 5.41) is 3.36.